The molecule has 88 valence electrons. The second-order valence-electron chi connectivity index (χ2n) is 3.30. The summed E-state index contributed by atoms with van der Waals surface area (Å²) in [4.78, 5) is 11.3. The van der Waals surface area contributed by atoms with Crippen LogP contribution in [-0.4, -0.2) is 26.7 Å². The van der Waals surface area contributed by atoms with Crippen LogP contribution in [0.15, 0.2) is 12.1 Å². The van der Waals surface area contributed by atoms with Gasteiger partial charge in [-0.3, -0.25) is 4.79 Å². The van der Waals surface area contributed by atoms with Crippen molar-refractivity contribution in [1.29, 1.82) is 0 Å². The molecule has 0 heterocycles. The number of rotatable bonds is 4. The van der Waals surface area contributed by atoms with Crippen molar-refractivity contribution in [2.45, 2.75) is 6.92 Å². The molecular formula is C11H16N2O3. The number of methoxy groups -OCH3 is 2. The largest absolute Gasteiger partial charge is 0.494 e. The zero-order valence-electron chi connectivity index (χ0n) is 9.66. The molecule has 3 N–H and O–H groups in total. The van der Waals surface area contributed by atoms with Gasteiger partial charge < -0.3 is 20.5 Å². The number of anilines is 1. The molecule has 5 heteroatoms. The zero-order valence-corrected chi connectivity index (χ0v) is 9.66. The fraction of sp³-hybridized carbons (Fsp3) is 0.364. The molecular weight excluding hydrogens is 208 g/mol. The minimum atomic E-state index is -0.291. The molecule has 0 unspecified atom stereocenters. The predicted molar refractivity (Wildman–Crippen MR) is 62.0 cm³/mol. The molecule has 1 aromatic rings. The molecule has 0 spiro atoms. The molecule has 16 heavy (non-hydrogen) atoms. The van der Waals surface area contributed by atoms with Gasteiger partial charge in [-0.1, -0.05) is 0 Å². The molecule has 0 saturated heterocycles. The maximum atomic E-state index is 11.3. The molecule has 0 aliphatic rings. The van der Waals surface area contributed by atoms with Gasteiger partial charge in [0.25, 0.3) is 0 Å². The molecule has 1 rings (SSSR count). The van der Waals surface area contributed by atoms with Crippen molar-refractivity contribution in [2.24, 2.45) is 5.73 Å². The van der Waals surface area contributed by atoms with Crippen LogP contribution < -0.4 is 20.5 Å². The lowest BCUT2D eigenvalue weighted by atomic mass is 10.2. The van der Waals surface area contributed by atoms with Gasteiger partial charge >= 0.3 is 0 Å². The quantitative estimate of drug-likeness (QED) is 0.797. The van der Waals surface area contributed by atoms with E-state index in [0.29, 0.717) is 17.2 Å². The summed E-state index contributed by atoms with van der Waals surface area (Å²) in [5, 5.41) is 2.64. The monoisotopic (exact) mass is 224 g/mol. The van der Waals surface area contributed by atoms with Crippen molar-refractivity contribution in [3.63, 3.8) is 0 Å². The maximum Gasteiger partial charge on any atom is 0.238 e. The molecule has 1 aromatic carbocycles. The molecule has 0 bridgehead atoms. The van der Waals surface area contributed by atoms with Crippen molar-refractivity contribution in [3.05, 3.63) is 17.7 Å². The Morgan fingerprint density at radius 1 is 1.31 bits per heavy atom. The smallest absolute Gasteiger partial charge is 0.238 e. The van der Waals surface area contributed by atoms with E-state index >= 15 is 0 Å². The number of ether oxygens (including phenoxy) is 2. The highest BCUT2D eigenvalue weighted by Gasteiger charge is 2.13. The standard InChI is InChI=1S/C11H16N2O3/c1-7-4-8(15-2)11(9(5-7)16-3)13-10(14)6-12/h4-5H,6,12H2,1-3H3,(H,13,14). The number of nitrogens with two attached hydrogens (primary N) is 1. The van der Waals surface area contributed by atoms with Gasteiger partial charge in [0.2, 0.25) is 5.91 Å². The minimum absolute atomic E-state index is 0.0831. The number of nitrogens with one attached hydrogen (secondary N) is 1. The first-order valence-corrected chi connectivity index (χ1v) is 4.85. The van der Waals surface area contributed by atoms with E-state index < -0.39 is 0 Å². The summed E-state index contributed by atoms with van der Waals surface area (Å²) in [5.74, 6) is 0.817. The van der Waals surface area contributed by atoms with Crippen LogP contribution in [0.4, 0.5) is 5.69 Å². The highest BCUT2D eigenvalue weighted by atomic mass is 16.5. The maximum absolute atomic E-state index is 11.3. The highest BCUT2D eigenvalue weighted by Crippen LogP contribution is 2.35. The number of aryl methyl sites for hydroxylation is 1. The molecule has 0 fully saturated rings. The van der Waals surface area contributed by atoms with Crippen LogP contribution in [0.3, 0.4) is 0 Å². The molecule has 0 atom stereocenters. The van der Waals surface area contributed by atoms with Gasteiger partial charge in [0.1, 0.15) is 17.2 Å². The summed E-state index contributed by atoms with van der Waals surface area (Å²) < 4.78 is 10.4. The van der Waals surface area contributed by atoms with E-state index in [1.54, 1.807) is 0 Å². The third kappa shape index (κ3) is 2.64. The highest BCUT2D eigenvalue weighted by molar-refractivity contribution is 5.95. The molecule has 5 nitrogen and oxygen atoms in total. The van der Waals surface area contributed by atoms with Gasteiger partial charge in [-0.25, -0.2) is 0 Å². The Kier molecular flexibility index (Phi) is 4.13. The fourth-order valence-corrected chi connectivity index (χ4v) is 1.36. The Morgan fingerprint density at radius 2 is 1.81 bits per heavy atom. The van der Waals surface area contributed by atoms with Crippen molar-refractivity contribution in [1.82, 2.24) is 0 Å². The number of amides is 1. The lowest BCUT2D eigenvalue weighted by molar-refractivity contribution is -0.114. The van der Waals surface area contributed by atoms with E-state index in [2.05, 4.69) is 5.32 Å². The number of hydrogen-bond acceptors (Lipinski definition) is 4. The third-order valence-corrected chi connectivity index (χ3v) is 2.10. The summed E-state index contributed by atoms with van der Waals surface area (Å²) in [6.45, 7) is 1.83. The van der Waals surface area contributed by atoms with E-state index in [-0.39, 0.29) is 12.5 Å². The van der Waals surface area contributed by atoms with Gasteiger partial charge in [0.15, 0.2) is 0 Å². The topological polar surface area (TPSA) is 73.6 Å². The van der Waals surface area contributed by atoms with Gasteiger partial charge in [-0.2, -0.15) is 0 Å². The first-order valence-electron chi connectivity index (χ1n) is 4.85. The van der Waals surface area contributed by atoms with Gasteiger partial charge in [0, 0.05) is 0 Å². The van der Waals surface area contributed by atoms with E-state index in [0.717, 1.165) is 5.56 Å². The zero-order chi connectivity index (χ0) is 12.1. The van der Waals surface area contributed by atoms with E-state index in [1.165, 1.54) is 14.2 Å². The molecule has 0 radical (unpaired) electrons. The van der Waals surface area contributed by atoms with E-state index in [9.17, 15) is 4.79 Å². The van der Waals surface area contributed by atoms with Gasteiger partial charge in [-0.15, -0.1) is 0 Å². The summed E-state index contributed by atoms with van der Waals surface area (Å²) in [7, 11) is 3.07. The van der Waals surface area contributed by atoms with Gasteiger partial charge in [0.05, 0.1) is 20.8 Å². The van der Waals surface area contributed by atoms with Crippen LogP contribution >= 0.6 is 0 Å². The minimum Gasteiger partial charge on any atom is -0.494 e. The Morgan fingerprint density at radius 3 is 2.19 bits per heavy atom. The van der Waals surface area contributed by atoms with Crippen LogP contribution in [0, 0.1) is 6.92 Å². The first-order chi connectivity index (χ1) is 7.62. The normalized spacial score (nSPS) is 9.75. The second kappa shape index (κ2) is 5.37. The molecule has 0 aromatic heterocycles. The van der Waals surface area contributed by atoms with Crippen molar-refractivity contribution >= 4 is 11.6 Å². The third-order valence-electron chi connectivity index (χ3n) is 2.10. The van der Waals surface area contributed by atoms with E-state index in [4.69, 9.17) is 15.2 Å². The number of carbonyl (C=O) groups excluding carboxylic acids is 1. The van der Waals surface area contributed by atoms with Crippen molar-refractivity contribution in [3.8, 4) is 11.5 Å². The predicted octanol–water partition coefficient (Wildman–Crippen LogP) is 0.909. The molecule has 1 amide bonds. The number of hydrogen-bond donors (Lipinski definition) is 2. The lowest BCUT2D eigenvalue weighted by Crippen LogP contribution is -2.22. The average molecular weight is 224 g/mol. The Hall–Kier alpha value is -1.75. The number of carbonyl (C=O) groups is 1. The Labute approximate surface area is 94.5 Å². The summed E-state index contributed by atoms with van der Waals surface area (Å²) in [5.41, 5.74) is 6.73. The fourth-order valence-electron chi connectivity index (χ4n) is 1.36. The average Bonchev–Trinajstić information content (AvgIpc) is 2.30. The van der Waals surface area contributed by atoms with Crippen LogP contribution in [0.2, 0.25) is 0 Å². The summed E-state index contributed by atoms with van der Waals surface area (Å²) >= 11 is 0. The second-order valence-corrected chi connectivity index (χ2v) is 3.30. The van der Waals surface area contributed by atoms with Crippen LogP contribution in [-0.2, 0) is 4.79 Å². The van der Waals surface area contributed by atoms with E-state index in [1.807, 2.05) is 19.1 Å². The SMILES string of the molecule is COc1cc(C)cc(OC)c1NC(=O)CN. The summed E-state index contributed by atoms with van der Waals surface area (Å²) in [6.07, 6.45) is 0. The van der Waals surface area contributed by atoms with Gasteiger partial charge in [-0.05, 0) is 24.6 Å². The van der Waals surface area contributed by atoms with Crippen LogP contribution in [0.1, 0.15) is 5.56 Å². The summed E-state index contributed by atoms with van der Waals surface area (Å²) in [6, 6.07) is 3.63. The first kappa shape index (κ1) is 12.3. The van der Waals surface area contributed by atoms with Crippen LogP contribution in [0.25, 0.3) is 0 Å². The van der Waals surface area contributed by atoms with Crippen LogP contribution in [0.5, 0.6) is 11.5 Å². The number of benzene rings is 1. The molecule has 0 saturated carbocycles. The Bertz CT molecular complexity index is 366. The lowest BCUT2D eigenvalue weighted by Gasteiger charge is -2.14. The van der Waals surface area contributed by atoms with Crippen molar-refractivity contribution in [2.75, 3.05) is 26.1 Å². The molecule has 0 aliphatic carbocycles. The molecule has 0 aliphatic heterocycles. The Balaban J connectivity index is 3.16. The van der Waals surface area contributed by atoms with Crippen molar-refractivity contribution < 1.29 is 14.3 Å².